The van der Waals surface area contributed by atoms with E-state index in [9.17, 15) is 4.79 Å². The van der Waals surface area contributed by atoms with Gasteiger partial charge in [0.25, 0.3) is 0 Å². The molecular formula is C22H26N4O3S2. The van der Waals surface area contributed by atoms with E-state index in [-0.39, 0.29) is 11.7 Å². The number of hydrogen-bond acceptors (Lipinski definition) is 7. The molecular weight excluding hydrogens is 432 g/mol. The van der Waals surface area contributed by atoms with Crippen LogP contribution in [0.25, 0.3) is 0 Å². The van der Waals surface area contributed by atoms with Gasteiger partial charge in [0.15, 0.2) is 5.16 Å². The molecule has 0 aliphatic heterocycles. The quantitative estimate of drug-likeness (QED) is 0.443. The van der Waals surface area contributed by atoms with Gasteiger partial charge in [0.05, 0.1) is 31.4 Å². The van der Waals surface area contributed by atoms with E-state index in [1.54, 1.807) is 44.2 Å². The third-order valence-corrected chi connectivity index (χ3v) is 6.49. The van der Waals surface area contributed by atoms with Crippen molar-refractivity contribution >= 4 is 35.1 Å². The molecule has 0 aliphatic rings. The number of ether oxygens (including phenoxy) is 2. The van der Waals surface area contributed by atoms with E-state index < -0.39 is 0 Å². The second-order valence-electron chi connectivity index (χ2n) is 6.65. The molecule has 0 saturated heterocycles. The van der Waals surface area contributed by atoms with Gasteiger partial charge in [-0.2, -0.15) is 0 Å². The Morgan fingerprint density at radius 2 is 1.84 bits per heavy atom. The van der Waals surface area contributed by atoms with Gasteiger partial charge in [-0.15, -0.1) is 22.0 Å². The van der Waals surface area contributed by atoms with Gasteiger partial charge in [0.1, 0.15) is 17.3 Å². The Morgan fingerprint density at radius 3 is 2.52 bits per heavy atom. The number of nitrogens with zero attached hydrogens (tertiary/aromatic N) is 3. The standard InChI is InChI=1S/C22H26N4O3S2/c1-5-26-20(13-30-17-9-6-15(2)7-10-17)24-25-22(26)31-14-21(27)23-18-12-16(28-3)8-11-19(18)29-4/h6-12H,5,13-14H2,1-4H3,(H,23,27). The topological polar surface area (TPSA) is 78.3 Å². The minimum Gasteiger partial charge on any atom is -0.497 e. The maximum Gasteiger partial charge on any atom is 0.234 e. The van der Waals surface area contributed by atoms with Crippen LogP contribution in [0.15, 0.2) is 52.5 Å². The molecule has 0 atom stereocenters. The molecule has 2 aromatic carbocycles. The van der Waals surface area contributed by atoms with Crippen molar-refractivity contribution in [3.8, 4) is 11.5 Å². The highest BCUT2D eigenvalue weighted by molar-refractivity contribution is 7.99. The molecule has 1 aromatic heterocycles. The van der Waals surface area contributed by atoms with Gasteiger partial charge in [-0.05, 0) is 38.1 Å². The monoisotopic (exact) mass is 458 g/mol. The highest BCUT2D eigenvalue weighted by Crippen LogP contribution is 2.29. The first kappa shape index (κ1) is 23.0. The largest absolute Gasteiger partial charge is 0.497 e. The zero-order valence-corrected chi connectivity index (χ0v) is 19.7. The fourth-order valence-electron chi connectivity index (χ4n) is 2.86. The molecule has 0 fully saturated rings. The van der Waals surface area contributed by atoms with Gasteiger partial charge in [0, 0.05) is 17.5 Å². The van der Waals surface area contributed by atoms with E-state index in [0.29, 0.717) is 17.2 Å². The van der Waals surface area contributed by atoms with Crippen molar-refractivity contribution in [2.75, 3.05) is 25.3 Å². The second kappa shape index (κ2) is 11.1. The predicted molar refractivity (Wildman–Crippen MR) is 125 cm³/mol. The number of nitrogens with one attached hydrogen (secondary N) is 1. The van der Waals surface area contributed by atoms with Crippen LogP contribution in [0.5, 0.6) is 11.5 Å². The van der Waals surface area contributed by atoms with Gasteiger partial charge in [-0.25, -0.2) is 0 Å². The van der Waals surface area contributed by atoms with Crippen LogP contribution in [0, 0.1) is 6.92 Å². The second-order valence-corrected chi connectivity index (χ2v) is 8.64. The molecule has 3 rings (SSSR count). The summed E-state index contributed by atoms with van der Waals surface area (Å²) in [6.45, 7) is 4.87. The zero-order chi connectivity index (χ0) is 22.2. The molecule has 0 bridgehead atoms. The summed E-state index contributed by atoms with van der Waals surface area (Å²) in [7, 11) is 3.14. The summed E-state index contributed by atoms with van der Waals surface area (Å²) < 4.78 is 12.6. The first-order chi connectivity index (χ1) is 15.0. The van der Waals surface area contributed by atoms with Crippen molar-refractivity contribution in [2.24, 2.45) is 0 Å². The van der Waals surface area contributed by atoms with E-state index in [0.717, 1.165) is 23.3 Å². The zero-order valence-electron chi connectivity index (χ0n) is 18.0. The van der Waals surface area contributed by atoms with Crippen LogP contribution >= 0.6 is 23.5 Å². The molecule has 7 nitrogen and oxygen atoms in total. The van der Waals surface area contributed by atoms with Gasteiger partial charge in [0.2, 0.25) is 5.91 Å². The molecule has 3 aromatic rings. The molecule has 0 spiro atoms. The lowest BCUT2D eigenvalue weighted by Gasteiger charge is -2.12. The molecule has 0 aliphatic carbocycles. The molecule has 1 N–H and O–H groups in total. The fraction of sp³-hybridized carbons (Fsp3) is 0.318. The minimum absolute atomic E-state index is 0.155. The number of hydrogen-bond donors (Lipinski definition) is 1. The maximum absolute atomic E-state index is 12.5. The SMILES string of the molecule is CCn1c(CSc2ccc(C)cc2)nnc1SCC(=O)Nc1cc(OC)ccc1OC. The maximum atomic E-state index is 12.5. The van der Waals surface area contributed by atoms with Crippen LogP contribution in [0.3, 0.4) is 0 Å². The van der Waals surface area contributed by atoms with Gasteiger partial charge in [-0.3, -0.25) is 4.79 Å². The highest BCUT2D eigenvalue weighted by Gasteiger charge is 2.15. The average molecular weight is 459 g/mol. The van der Waals surface area contributed by atoms with Crippen molar-refractivity contribution < 1.29 is 14.3 Å². The number of carbonyl (C=O) groups excluding carboxylic acids is 1. The van der Waals surface area contributed by atoms with E-state index in [1.165, 1.54) is 22.2 Å². The number of thioether (sulfide) groups is 2. The van der Waals surface area contributed by atoms with Gasteiger partial charge in [-0.1, -0.05) is 29.5 Å². The fourth-order valence-corrected chi connectivity index (χ4v) is 4.52. The van der Waals surface area contributed by atoms with E-state index in [1.807, 2.05) is 4.57 Å². The lowest BCUT2D eigenvalue weighted by molar-refractivity contribution is -0.113. The van der Waals surface area contributed by atoms with Crippen molar-refractivity contribution in [3.63, 3.8) is 0 Å². The molecule has 0 saturated carbocycles. The van der Waals surface area contributed by atoms with Crippen LogP contribution < -0.4 is 14.8 Å². The Morgan fingerprint density at radius 1 is 1.06 bits per heavy atom. The number of anilines is 1. The first-order valence-corrected chi connectivity index (χ1v) is 11.8. The molecule has 0 unspecified atom stereocenters. The number of amides is 1. The number of carbonyl (C=O) groups is 1. The summed E-state index contributed by atoms with van der Waals surface area (Å²) in [5.41, 5.74) is 1.81. The predicted octanol–water partition coefficient (Wildman–Crippen LogP) is 4.65. The number of aryl methyl sites for hydroxylation is 1. The lowest BCUT2D eigenvalue weighted by atomic mass is 10.2. The van der Waals surface area contributed by atoms with Crippen molar-refractivity contribution in [3.05, 3.63) is 53.9 Å². The highest BCUT2D eigenvalue weighted by atomic mass is 32.2. The number of aromatic nitrogens is 3. The number of methoxy groups -OCH3 is 2. The molecule has 0 radical (unpaired) electrons. The summed E-state index contributed by atoms with van der Waals surface area (Å²) in [5, 5.41) is 12.2. The molecule has 1 amide bonds. The van der Waals surface area contributed by atoms with Crippen LogP contribution in [-0.2, 0) is 17.1 Å². The summed E-state index contributed by atoms with van der Waals surface area (Å²) in [6.07, 6.45) is 0. The lowest BCUT2D eigenvalue weighted by Crippen LogP contribution is -2.15. The summed E-state index contributed by atoms with van der Waals surface area (Å²) in [4.78, 5) is 13.7. The van der Waals surface area contributed by atoms with Crippen LogP contribution in [0.1, 0.15) is 18.3 Å². The van der Waals surface area contributed by atoms with Crippen LogP contribution in [0.4, 0.5) is 5.69 Å². The number of benzene rings is 2. The molecule has 1 heterocycles. The van der Waals surface area contributed by atoms with Gasteiger partial charge < -0.3 is 19.4 Å². The van der Waals surface area contributed by atoms with E-state index in [4.69, 9.17) is 9.47 Å². The molecule has 9 heteroatoms. The molecule has 31 heavy (non-hydrogen) atoms. The third kappa shape index (κ3) is 6.18. The average Bonchev–Trinajstić information content (AvgIpc) is 3.19. The first-order valence-electron chi connectivity index (χ1n) is 9.80. The van der Waals surface area contributed by atoms with E-state index >= 15 is 0 Å². The number of rotatable bonds is 10. The van der Waals surface area contributed by atoms with Crippen LogP contribution in [-0.4, -0.2) is 40.6 Å². The molecule has 164 valence electrons. The normalized spacial score (nSPS) is 10.7. The Kier molecular flexibility index (Phi) is 8.25. The van der Waals surface area contributed by atoms with Gasteiger partial charge >= 0.3 is 0 Å². The Hall–Kier alpha value is -2.65. The smallest absolute Gasteiger partial charge is 0.234 e. The van der Waals surface area contributed by atoms with Crippen molar-refractivity contribution in [1.29, 1.82) is 0 Å². The van der Waals surface area contributed by atoms with Crippen molar-refractivity contribution in [2.45, 2.75) is 36.2 Å². The Labute approximate surface area is 190 Å². The Bertz CT molecular complexity index is 1020. The summed E-state index contributed by atoms with van der Waals surface area (Å²) in [5.74, 6) is 2.89. The summed E-state index contributed by atoms with van der Waals surface area (Å²) in [6, 6.07) is 13.7. The minimum atomic E-state index is -0.155. The summed E-state index contributed by atoms with van der Waals surface area (Å²) >= 11 is 3.08. The van der Waals surface area contributed by atoms with E-state index in [2.05, 4.69) is 53.6 Å². The van der Waals surface area contributed by atoms with Crippen molar-refractivity contribution in [1.82, 2.24) is 14.8 Å². The Balaban J connectivity index is 1.60. The van der Waals surface area contributed by atoms with Crippen LogP contribution in [0.2, 0.25) is 0 Å². The third-order valence-electron chi connectivity index (χ3n) is 4.51.